The molecule has 2 rings (SSSR count). The van der Waals surface area contributed by atoms with Gasteiger partial charge in [-0.25, -0.2) is 9.97 Å². The molecule has 1 aliphatic rings. The summed E-state index contributed by atoms with van der Waals surface area (Å²) in [5.74, 6) is 1.02. The molecule has 0 amide bonds. The number of rotatable bonds is 5. The smallest absolute Gasteiger partial charge is 0.130 e. The number of nitrogens with one attached hydrogen (secondary N) is 1. The van der Waals surface area contributed by atoms with Crippen LogP contribution >= 0.6 is 0 Å². The van der Waals surface area contributed by atoms with E-state index >= 15 is 0 Å². The lowest BCUT2D eigenvalue weighted by atomic mass is 10.0. The second-order valence-electron chi connectivity index (χ2n) is 5.24. The first-order valence-electron chi connectivity index (χ1n) is 6.93. The van der Waals surface area contributed by atoms with E-state index in [-0.39, 0.29) is 0 Å². The molecule has 0 unspecified atom stereocenters. The van der Waals surface area contributed by atoms with E-state index in [0.29, 0.717) is 0 Å². The van der Waals surface area contributed by atoms with Gasteiger partial charge in [0.15, 0.2) is 0 Å². The standard InChI is InChI=1S/C14H24N4/c1-4-5-12-11-10-15-8-6-13(11)17-14(16-12)7-9-18(2)3/h15H,4-10H2,1-3H3. The van der Waals surface area contributed by atoms with E-state index in [1.165, 1.54) is 17.0 Å². The van der Waals surface area contributed by atoms with Crippen molar-refractivity contribution >= 4 is 0 Å². The molecular weight excluding hydrogens is 224 g/mol. The Bertz CT molecular complexity index is 401. The van der Waals surface area contributed by atoms with Crippen LogP contribution in [-0.4, -0.2) is 42.1 Å². The zero-order chi connectivity index (χ0) is 13.0. The normalized spacial score (nSPS) is 14.9. The molecule has 0 atom stereocenters. The number of hydrogen-bond donors (Lipinski definition) is 1. The fourth-order valence-corrected chi connectivity index (χ4v) is 2.35. The monoisotopic (exact) mass is 248 g/mol. The summed E-state index contributed by atoms with van der Waals surface area (Å²) in [4.78, 5) is 11.7. The second-order valence-corrected chi connectivity index (χ2v) is 5.24. The fourth-order valence-electron chi connectivity index (χ4n) is 2.35. The molecule has 4 nitrogen and oxygen atoms in total. The van der Waals surface area contributed by atoms with Crippen molar-refractivity contribution < 1.29 is 0 Å². The number of likely N-dealkylation sites (N-methyl/N-ethyl adjacent to an activating group) is 1. The molecule has 0 aliphatic carbocycles. The van der Waals surface area contributed by atoms with Gasteiger partial charge in [0.25, 0.3) is 0 Å². The summed E-state index contributed by atoms with van der Waals surface area (Å²) in [5.41, 5.74) is 3.90. The van der Waals surface area contributed by atoms with Gasteiger partial charge >= 0.3 is 0 Å². The van der Waals surface area contributed by atoms with Crippen LogP contribution < -0.4 is 5.32 Å². The Morgan fingerprint density at radius 3 is 2.78 bits per heavy atom. The van der Waals surface area contributed by atoms with Crippen molar-refractivity contribution in [3.63, 3.8) is 0 Å². The van der Waals surface area contributed by atoms with E-state index in [1.54, 1.807) is 0 Å². The minimum absolute atomic E-state index is 0.943. The third-order valence-electron chi connectivity index (χ3n) is 3.33. The molecule has 18 heavy (non-hydrogen) atoms. The van der Waals surface area contributed by atoms with E-state index in [0.717, 1.165) is 51.1 Å². The molecule has 4 heteroatoms. The molecule has 0 fully saturated rings. The molecule has 0 aromatic carbocycles. The summed E-state index contributed by atoms with van der Waals surface area (Å²) in [5, 5.41) is 3.42. The third kappa shape index (κ3) is 3.27. The Labute approximate surface area is 110 Å². The summed E-state index contributed by atoms with van der Waals surface area (Å²) < 4.78 is 0. The van der Waals surface area contributed by atoms with E-state index in [4.69, 9.17) is 9.97 Å². The van der Waals surface area contributed by atoms with Crippen molar-refractivity contribution in [1.29, 1.82) is 0 Å². The van der Waals surface area contributed by atoms with E-state index in [1.807, 2.05) is 0 Å². The largest absolute Gasteiger partial charge is 0.312 e. The van der Waals surface area contributed by atoms with Crippen LogP contribution in [0.3, 0.4) is 0 Å². The second kappa shape index (κ2) is 6.25. The van der Waals surface area contributed by atoms with E-state index in [2.05, 4.69) is 31.2 Å². The Hall–Kier alpha value is -1.00. The maximum atomic E-state index is 4.77. The van der Waals surface area contributed by atoms with Crippen LogP contribution in [0.15, 0.2) is 0 Å². The number of fused-ring (bicyclic) bond motifs is 1. The molecule has 1 N–H and O–H groups in total. The number of aryl methyl sites for hydroxylation is 1. The maximum Gasteiger partial charge on any atom is 0.130 e. The molecule has 0 bridgehead atoms. The zero-order valence-electron chi connectivity index (χ0n) is 11.8. The molecule has 0 saturated heterocycles. The lowest BCUT2D eigenvalue weighted by Gasteiger charge is -2.20. The summed E-state index contributed by atoms with van der Waals surface area (Å²) in [7, 11) is 4.19. The topological polar surface area (TPSA) is 41.1 Å². The molecular formula is C14H24N4. The van der Waals surface area contributed by atoms with Crippen LogP contribution in [0.2, 0.25) is 0 Å². The predicted octanol–water partition coefficient (Wildman–Crippen LogP) is 1.18. The Morgan fingerprint density at radius 2 is 2.06 bits per heavy atom. The molecule has 0 radical (unpaired) electrons. The van der Waals surface area contributed by atoms with Crippen LogP contribution in [-0.2, 0) is 25.8 Å². The van der Waals surface area contributed by atoms with Crippen molar-refractivity contribution in [2.45, 2.75) is 39.2 Å². The first kappa shape index (κ1) is 13.4. The summed E-state index contributed by atoms with van der Waals surface area (Å²) in [6, 6.07) is 0. The van der Waals surface area contributed by atoms with Gasteiger partial charge in [-0.3, -0.25) is 0 Å². The first-order valence-corrected chi connectivity index (χ1v) is 6.93. The third-order valence-corrected chi connectivity index (χ3v) is 3.33. The average Bonchev–Trinajstić information content (AvgIpc) is 2.37. The summed E-state index contributed by atoms with van der Waals surface area (Å²) in [6.45, 7) is 5.22. The molecule has 1 aromatic rings. The SMILES string of the molecule is CCCc1nc(CCN(C)C)nc2c1CNCC2. The van der Waals surface area contributed by atoms with E-state index < -0.39 is 0 Å². The highest BCUT2D eigenvalue weighted by atomic mass is 15.1. The Morgan fingerprint density at radius 1 is 1.22 bits per heavy atom. The van der Waals surface area contributed by atoms with Gasteiger partial charge in [0, 0.05) is 43.7 Å². The average molecular weight is 248 g/mol. The summed E-state index contributed by atoms with van der Waals surface area (Å²) >= 11 is 0. The Balaban J connectivity index is 2.23. The molecule has 1 aromatic heterocycles. The summed E-state index contributed by atoms with van der Waals surface area (Å²) in [6.07, 6.45) is 4.21. The highest BCUT2D eigenvalue weighted by Crippen LogP contribution is 2.17. The highest BCUT2D eigenvalue weighted by Gasteiger charge is 2.16. The number of hydrogen-bond acceptors (Lipinski definition) is 4. The van der Waals surface area contributed by atoms with Crippen molar-refractivity contribution in [3.05, 3.63) is 22.8 Å². The van der Waals surface area contributed by atoms with Gasteiger partial charge in [-0.2, -0.15) is 0 Å². The van der Waals surface area contributed by atoms with Gasteiger partial charge in [0.1, 0.15) is 5.82 Å². The number of nitrogens with zero attached hydrogens (tertiary/aromatic N) is 3. The molecule has 0 spiro atoms. The Kier molecular flexibility index (Phi) is 4.66. The minimum atomic E-state index is 0.943. The quantitative estimate of drug-likeness (QED) is 0.849. The molecule has 0 saturated carbocycles. The number of aromatic nitrogens is 2. The fraction of sp³-hybridized carbons (Fsp3) is 0.714. The zero-order valence-corrected chi connectivity index (χ0v) is 11.8. The van der Waals surface area contributed by atoms with E-state index in [9.17, 15) is 0 Å². The van der Waals surface area contributed by atoms with Gasteiger partial charge in [0.05, 0.1) is 5.69 Å². The van der Waals surface area contributed by atoms with Gasteiger partial charge in [-0.15, -0.1) is 0 Å². The van der Waals surface area contributed by atoms with Crippen LogP contribution in [0.5, 0.6) is 0 Å². The van der Waals surface area contributed by atoms with Gasteiger partial charge in [-0.05, 0) is 20.5 Å². The van der Waals surface area contributed by atoms with Gasteiger partial charge < -0.3 is 10.2 Å². The molecule has 1 aliphatic heterocycles. The maximum absolute atomic E-state index is 4.77. The van der Waals surface area contributed by atoms with Crippen LogP contribution in [0.25, 0.3) is 0 Å². The van der Waals surface area contributed by atoms with Crippen molar-refractivity contribution in [1.82, 2.24) is 20.2 Å². The van der Waals surface area contributed by atoms with Crippen molar-refractivity contribution in [3.8, 4) is 0 Å². The minimum Gasteiger partial charge on any atom is -0.312 e. The van der Waals surface area contributed by atoms with Gasteiger partial charge in [0.2, 0.25) is 0 Å². The van der Waals surface area contributed by atoms with Gasteiger partial charge in [-0.1, -0.05) is 13.3 Å². The lowest BCUT2D eigenvalue weighted by Crippen LogP contribution is -2.27. The molecule has 100 valence electrons. The lowest BCUT2D eigenvalue weighted by molar-refractivity contribution is 0.408. The highest BCUT2D eigenvalue weighted by molar-refractivity contribution is 5.28. The van der Waals surface area contributed by atoms with Crippen LogP contribution in [0.1, 0.15) is 36.1 Å². The molecule has 2 heterocycles. The van der Waals surface area contributed by atoms with Crippen molar-refractivity contribution in [2.75, 3.05) is 27.2 Å². The van der Waals surface area contributed by atoms with Crippen LogP contribution in [0, 0.1) is 0 Å². The van der Waals surface area contributed by atoms with Crippen molar-refractivity contribution in [2.24, 2.45) is 0 Å². The predicted molar refractivity (Wildman–Crippen MR) is 73.7 cm³/mol. The first-order chi connectivity index (χ1) is 8.70. The van der Waals surface area contributed by atoms with Crippen LogP contribution in [0.4, 0.5) is 0 Å².